The van der Waals surface area contributed by atoms with E-state index in [-0.39, 0.29) is 0 Å². The fourth-order valence-electron chi connectivity index (χ4n) is 2.83. The molecule has 1 aromatic carbocycles. The second-order valence-corrected chi connectivity index (χ2v) is 5.70. The molecule has 1 aliphatic carbocycles. The Bertz CT molecular complexity index is 574. The highest BCUT2D eigenvalue weighted by atomic mass is 15.1. The lowest BCUT2D eigenvalue weighted by atomic mass is 9.82. The van der Waals surface area contributed by atoms with Crippen molar-refractivity contribution in [2.75, 3.05) is 5.73 Å². The molecule has 2 aromatic rings. The molecule has 2 N–H and O–H groups in total. The number of nitrogens with two attached hydrogens (primary N) is 1. The largest absolute Gasteiger partial charge is 0.368 e. The van der Waals surface area contributed by atoms with E-state index < -0.39 is 0 Å². The predicted octanol–water partition coefficient (Wildman–Crippen LogP) is 3.41. The van der Waals surface area contributed by atoms with Crippen LogP contribution in [0, 0.1) is 5.92 Å². The van der Waals surface area contributed by atoms with Crippen LogP contribution in [0.4, 0.5) is 5.95 Å². The Hall–Kier alpha value is -1.97. The molecule has 1 saturated carbocycles. The third kappa shape index (κ3) is 2.79. The summed E-state index contributed by atoms with van der Waals surface area (Å²) in [4.78, 5) is 13.3. The second-order valence-electron chi connectivity index (χ2n) is 5.70. The van der Waals surface area contributed by atoms with E-state index in [0.29, 0.717) is 17.7 Å². The van der Waals surface area contributed by atoms with Gasteiger partial charge in [0.25, 0.3) is 0 Å². The number of nitrogen functional groups attached to an aromatic ring is 1. The molecule has 4 nitrogen and oxygen atoms in total. The monoisotopic (exact) mass is 268 g/mol. The third-order valence-corrected chi connectivity index (χ3v) is 4.08. The van der Waals surface area contributed by atoms with Crippen molar-refractivity contribution in [1.82, 2.24) is 15.0 Å². The van der Waals surface area contributed by atoms with Crippen LogP contribution >= 0.6 is 0 Å². The zero-order chi connectivity index (χ0) is 13.9. The first-order valence-corrected chi connectivity index (χ1v) is 7.29. The van der Waals surface area contributed by atoms with Crippen LogP contribution in [0.5, 0.6) is 0 Å². The average molecular weight is 268 g/mol. The summed E-state index contributed by atoms with van der Waals surface area (Å²) in [5.41, 5.74) is 6.86. The van der Waals surface area contributed by atoms with Gasteiger partial charge in [-0.1, -0.05) is 50.1 Å². The number of hydrogen-bond acceptors (Lipinski definition) is 4. The standard InChI is InChI=1S/C16H20N4/c1-11-7-9-13(10-8-11)15-18-14(19-16(17)20-15)12-5-3-2-4-6-12/h2-6,11,13H,7-10H2,1H3,(H2,17,18,19,20). The second kappa shape index (κ2) is 5.57. The van der Waals surface area contributed by atoms with E-state index in [0.717, 1.165) is 30.1 Å². The van der Waals surface area contributed by atoms with Gasteiger partial charge in [0.2, 0.25) is 5.95 Å². The maximum absolute atomic E-state index is 5.87. The number of aromatic nitrogens is 3. The van der Waals surface area contributed by atoms with Gasteiger partial charge in [-0.05, 0) is 18.8 Å². The molecule has 0 aliphatic heterocycles. The van der Waals surface area contributed by atoms with Gasteiger partial charge in [0.05, 0.1) is 0 Å². The summed E-state index contributed by atoms with van der Waals surface area (Å²) >= 11 is 0. The summed E-state index contributed by atoms with van der Waals surface area (Å²) in [5.74, 6) is 3.13. The molecule has 0 atom stereocenters. The van der Waals surface area contributed by atoms with Crippen LogP contribution < -0.4 is 5.73 Å². The first-order valence-electron chi connectivity index (χ1n) is 7.29. The molecule has 0 bridgehead atoms. The first-order chi connectivity index (χ1) is 9.72. The fraction of sp³-hybridized carbons (Fsp3) is 0.438. The quantitative estimate of drug-likeness (QED) is 0.906. The van der Waals surface area contributed by atoms with Crippen LogP contribution in [0.3, 0.4) is 0 Å². The van der Waals surface area contributed by atoms with Gasteiger partial charge in [0.1, 0.15) is 5.82 Å². The minimum absolute atomic E-state index is 0.326. The molecule has 0 amide bonds. The van der Waals surface area contributed by atoms with E-state index in [4.69, 9.17) is 5.73 Å². The van der Waals surface area contributed by atoms with Crippen molar-refractivity contribution in [3.63, 3.8) is 0 Å². The fourth-order valence-corrected chi connectivity index (χ4v) is 2.83. The summed E-state index contributed by atoms with van der Waals surface area (Å²) in [7, 11) is 0. The minimum Gasteiger partial charge on any atom is -0.368 e. The molecule has 1 heterocycles. The Morgan fingerprint density at radius 2 is 1.65 bits per heavy atom. The van der Waals surface area contributed by atoms with Gasteiger partial charge in [0.15, 0.2) is 5.82 Å². The number of nitrogens with zero attached hydrogens (tertiary/aromatic N) is 3. The van der Waals surface area contributed by atoms with Gasteiger partial charge in [-0.25, -0.2) is 4.98 Å². The van der Waals surface area contributed by atoms with Gasteiger partial charge in [-0.15, -0.1) is 0 Å². The number of anilines is 1. The third-order valence-electron chi connectivity index (χ3n) is 4.08. The molecule has 1 aromatic heterocycles. The summed E-state index contributed by atoms with van der Waals surface area (Å²) < 4.78 is 0. The molecule has 0 radical (unpaired) electrons. The molecule has 0 spiro atoms. The molecule has 20 heavy (non-hydrogen) atoms. The van der Waals surface area contributed by atoms with Crippen molar-refractivity contribution in [3.8, 4) is 11.4 Å². The van der Waals surface area contributed by atoms with Crippen LogP contribution in [0.2, 0.25) is 0 Å². The Morgan fingerprint density at radius 1 is 0.950 bits per heavy atom. The van der Waals surface area contributed by atoms with E-state index in [1.54, 1.807) is 0 Å². The van der Waals surface area contributed by atoms with E-state index in [1.807, 2.05) is 30.3 Å². The van der Waals surface area contributed by atoms with Gasteiger partial charge < -0.3 is 5.73 Å². The van der Waals surface area contributed by atoms with Crippen LogP contribution in [-0.4, -0.2) is 15.0 Å². The van der Waals surface area contributed by atoms with Crippen molar-refractivity contribution < 1.29 is 0 Å². The lowest BCUT2D eigenvalue weighted by Crippen LogP contribution is -2.15. The van der Waals surface area contributed by atoms with Crippen LogP contribution in [0.25, 0.3) is 11.4 Å². The maximum Gasteiger partial charge on any atom is 0.223 e. The summed E-state index contributed by atoms with van der Waals surface area (Å²) in [5, 5.41) is 0. The Kier molecular flexibility index (Phi) is 3.63. The molecule has 1 fully saturated rings. The van der Waals surface area contributed by atoms with E-state index >= 15 is 0 Å². The van der Waals surface area contributed by atoms with Gasteiger partial charge in [0, 0.05) is 11.5 Å². The summed E-state index contributed by atoms with van der Waals surface area (Å²) in [6.07, 6.45) is 4.80. The normalized spacial score (nSPS) is 22.6. The van der Waals surface area contributed by atoms with Crippen molar-refractivity contribution in [2.24, 2.45) is 5.92 Å². The molecule has 0 saturated heterocycles. The van der Waals surface area contributed by atoms with Crippen molar-refractivity contribution >= 4 is 5.95 Å². The lowest BCUT2D eigenvalue weighted by molar-refractivity contribution is 0.339. The molecular formula is C16H20N4. The van der Waals surface area contributed by atoms with Crippen LogP contribution in [0.1, 0.15) is 44.3 Å². The van der Waals surface area contributed by atoms with Gasteiger partial charge in [-0.2, -0.15) is 9.97 Å². The zero-order valence-electron chi connectivity index (χ0n) is 11.8. The summed E-state index contributed by atoms with van der Waals surface area (Å²) in [6.45, 7) is 2.31. The Labute approximate surface area is 119 Å². The molecule has 104 valence electrons. The zero-order valence-corrected chi connectivity index (χ0v) is 11.8. The predicted molar refractivity (Wildman–Crippen MR) is 80.0 cm³/mol. The number of benzene rings is 1. The highest BCUT2D eigenvalue weighted by molar-refractivity contribution is 5.55. The molecule has 3 rings (SSSR count). The van der Waals surface area contributed by atoms with E-state index in [1.165, 1.54) is 12.8 Å². The molecule has 0 unspecified atom stereocenters. The Balaban J connectivity index is 1.91. The number of hydrogen-bond donors (Lipinski definition) is 1. The van der Waals surface area contributed by atoms with E-state index in [2.05, 4.69) is 21.9 Å². The maximum atomic E-state index is 5.87. The van der Waals surface area contributed by atoms with Crippen molar-refractivity contribution in [2.45, 2.75) is 38.5 Å². The van der Waals surface area contributed by atoms with Crippen LogP contribution in [0.15, 0.2) is 30.3 Å². The lowest BCUT2D eigenvalue weighted by Gasteiger charge is -2.25. The minimum atomic E-state index is 0.326. The highest BCUT2D eigenvalue weighted by Crippen LogP contribution is 2.34. The van der Waals surface area contributed by atoms with E-state index in [9.17, 15) is 0 Å². The van der Waals surface area contributed by atoms with Crippen molar-refractivity contribution in [1.29, 1.82) is 0 Å². The molecule has 4 heteroatoms. The topological polar surface area (TPSA) is 64.7 Å². The van der Waals surface area contributed by atoms with Crippen molar-refractivity contribution in [3.05, 3.63) is 36.2 Å². The number of rotatable bonds is 2. The van der Waals surface area contributed by atoms with Crippen LogP contribution in [-0.2, 0) is 0 Å². The molecule has 1 aliphatic rings. The first kappa shape index (κ1) is 13.0. The smallest absolute Gasteiger partial charge is 0.223 e. The SMILES string of the molecule is CC1CCC(c2nc(N)nc(-c3ccccc3)n2)CC1. The average Bonchev–Trinajstić information content (AvgIpc) is 2.48. The highest BCUT2D eigenvalue weighted by Gasteiger charge is 2.23. The van der Waals surface area contributed by atoms with Gasteiger partial charge in [-0.3, -0.25) is 0 Å². The molecular weight excluding hydrogens is 248 g/mol. The van der Waals surface area contributed by atoms with Gasteiger partial charge >= 0.3 is 0 Å². The Morgan fingerprint density at radius 3 is 2.35 bits per heavy atom. The summed E-state index contributed by atoms with van der Waals surface area (Å²) in [6, 6.07) is 9.95.